The molecule has 0 amide bonds. The van der Waals surface area contributed by atoms with E-state index in [0.29, 0.717) is 18.2 Å². The molecule has 12 heavy (non-hydrogen) atoms. The summed E-state index contributed by atoms with van der Waals surface area (Å²) in [5.74, 6) is 0.684. The lowest BCUT2D eigenvalue weighted by atomic mass is 9.98. The predicted octanol–water partition coefficient (Wildman–Crippen LogP) is 0.320. The van der Waals surface area contributed by atoms with E-state index in [-0.39, 0.29) is 0 Å². The lowest BCUT2D eigenvalue weighted by molar-refractivity contribution is 0.0419. The maximum absolute atomic E-state index is 5.65. The van der Waals surface area contributed by atoms with E-state index >= 15 is 0 Å². The number of nitrogens with one attached hydrogen (secondary N) is 2. The molecule has 2 aliphatic heterocycles. The monoisotopic (exact) mass is 170 g/mol. The van der Waals surface area contributed by atoms with Crippen LogP contribution in [0.15, 0.2) is 0 Å². The number of hydrogen-bond donors (Lipinski definition) is 2. The van der Waals surface area contributed by atoms with Crippen LogP contribution in [-0.4, -0.2) is 32.0 Å². The highest BCUT2D eigenvalue weighted by molar-refractivity contribution is 4.81. The molecule has 0 aromatic rings. The second-order valence-corrected chi connectivity index (χ2v) is 3.93. The third-order valence-corrected chi connectivity index (χ3v) is 2.74. The van der Waals surface area contributed by atoms with Gasteiger partial charge in [0.25, 0.3) is 0 Å². The Labute approximate surface area is 73.9 Å². The van der Waals surface area contributed by atoms with Crippen molar-refractivity contribution in [3.63, 3.8) is 0 Å². The fourth-order valence-corrected chi connectivity index (χ4v) is 2.03. The SMILES string of the molecule is CC1COC(C2CCCNC2)N1. The van der Waals surface area contributed by atoms with Gasteiger partial charge in [0, 0.05) is 18.5 Å². The van der Waals surface area contributed by atoms with Crippen LogP contribution in [0.25, 0.3) is 0 Å². The van der Waals surface area contributed by atoms with Crippen LogP contribution in [0.3, 0.4) is 0 Å². The Hall–Kier alpha value is -0.120. The zero-order valence-electron chi connectivity index (χ0n) is 7.68. The largest absolute Gasteiger partial charge is 0.361 e. The first kappa shape index (κ1) is 8.48. The van der Waals surface area contributed by atoms with Crippen LogP contribution in [0.2, 0.25) is 0 Å². The van der Waals surface area contributed by atoms with Gasteiger partial charge in [-0.2, -0.15) is 0 Å². The summed E-state index contributed by atoms with van der Waals surface area (Å²) in [6.07, 6.45) is 2.91. The van der Waals surface area contributed by atoms with Crippen molar-refractivity contribution < 1.29 is 4.74 Å². The van der Waals surface area contributed by atoms with Gasteiger partial charge in [-0.25, -0.2) is 0 Å². The van der Waals surface area contributed by atoms with Gasteiger partial charge in [-0.3, -0.25) is 5.32 Å². The molecular weight excluding hydrogens is 152 g/mol. The summed E-state index contributed by atoms with van der Waals surface area (Å²) in [7, 11) is 0. The lowest BCUT2D eigenvalue weighted by Gasteiger charge is -2.27. The average molecular weight is 170 g/mol. The summed E-state index contributed by atoms with van der Waals surface area (Å²) in [5.41, 5.74) is 0. The molecule has 0 radical (unpaired) electrons. The standard InChI is InChI=1S/C9H18N2O/c1-7-6-12-9(11-7)8-3-2-4-10-5-8/h7-11H,2-6H2,1H3. The molecule has 0 saturated carbocycles. The highest BCUT2D eigenvalue weighted by Crippen LogP contribution is 2.18. The van der Waals surface area contributed by atoms with Crippen LogP contribution in [0.1, 0.15) is 19.8 Å². The number of rotatable bonds is 1. The predicted molar refractivity (Wildman–Crippen MR) is 47.9 cm³/mol. The highest BCUT2D eigenvalue weighted by Gasteiger charge is 2.29. The molecule has 0 aliphatic carbocycles. The van der Waals surface area contributed by atoms with Gasteiger partial charge in [0.1, 0.15) is 6.23 Å². The summed E-state index contributed by atoms with van der Waals surface area (Å²) < 4.78 is 5.65. The van der Waals surface area contributed by atoms with E-state index < -0.39 is 0 Å². The lowest BCUT2D eigenvalue weighted by Crippen LogP contribution is -2.42. The Morgan fingerprint density at radius 1 is 1.42 bits per heavy atom. The fourth-order valence-electron chi connectivity index (χ4n) is 2.03. The molecule has 2 aliphatic rings. The van der Waals surface area contributed by atoms with E-state index in [4.69, 9.17) is 4.74 Å². The van der Waals surface area contributed by atoms with Gasteiger partial charge in [0.05, 0.1) is 6.61 Å². The van der Waals surface area contributed by atoms with Crippen molar-refractivity contribution in [2.24, 2.45) is 5.92 Å². The van der Waals surface area contributed by atoms with Crippen LogP contribution in [0.5, 0.6) is 0 Å². The van der Waals surface area contributed by atoms with E-state index in [9.17, 15) is 0 Å². The first-order valence-electron chi connectivity index (χ1n) is 4.94. The van der Waals surface area contributed by atoms with Gasteiger partial charge in [0.15, 0.2) is 0 Å². The van der Waals surface area contributed by atoms with Gasteiger partial charge in [-0.1, -0.05) is 0 Å². The molecule has 0 bridgehead atoms. The number of hydrogen-bond acceptors (Lipinski definition) is 3. The molecule has 0 aromatic heterocycles. The average Bonchev–Trinajstić information content (AvgIpc) is 2.54. The minimum absolute atomic E-state index is 0.313. The quantitative estimate of drug-likeness (QED) is 0.594. The molecule has 0 aromatic carbocycles. The summed E-state index contributed by atoms with van der Waals surface area (Å²) >= 11 is 0. The second-order valence-electron chi connectivity index (χ2n) is 3.93. The molecule has 0 spiro atoms. The van der Waals surface area contributed by atoms with Crippen molar-refractivity contribution >= 4 is 0 Å². The van der Waals surface area contributed by atoms with Crippen molar-refractivity contribution in [1.29, 1.82) is 0 Å². The van der Waals surface area contributed by atoms with Gasteiger partial charge in [-0.05, 0) is 26.3 Å². The van der Waals surface area contributed by atoms with Crippen molar-refractivity contribution in [1.82, 2.24) is 10.6 Å². The van der Waals surface area contributed by atoms with Crippen LogP contribution < -0.4 is 10.6 Å². The Morgan fingerprint density at radius 2 is 2.33 bits per heavy atom. The smallest absolute Gasteiger partial charge is 0.112 e. The number of piperidine rings is 1. The van der Waals surface area contributed by atoms with Crippen molar-refractivity contribution in [3.8, 4) is 0 Å². The molecule has 3 nitrogen and oxygen atoms in total. The minimum Gasteiger partial charge on any atom is -0.361 e. The fraction of sp³-hybridized carbons (Fsp3) is 1.00. The molecule has 70 valence electrons. The molecular formula is C9H18N2O. The molecule has 2 rings (SSSR count). The molecule has 2 heterocycles. The van der Waals surface area contributed by atoms with Crippen LogP contribution in [-0.2, 0) is 4.74 Å². The normalized spacial score (nSPS) is 43.2. The zero-order valence-corrected chi connectivity index (χ0v) is 7.68. The zero-order chi connectivity index (χ0) is 8.39. The van der Waals surface area contributed by atoms with E-state index in [2.05, 4.69) is 17.6 Å². The summed E-state index contributed by atoms with van der Waals surface area (Å²) in [5, 5.41) is 6.87. The van der Waals surface area contributed by atoms with Gasteiger partial charge >= 0.3 is 0 Å². The van der Waals surface area contributed by atoms with Gasteiger partial charge in [0.2, 0.25) is 0 Å². The van der Waals surface area contributed by atoms with Gasteiger partial charge in [-0.15, -0.1) is 0 Å². The highest BCUT2D eigenvalue weighted by atomic mass is 16.5. The molecule has 2 fully saturated rings. The van der Waals surface area contributed by atoms with Crippen LogP contribution in [0, 0.1) is 5.92 Å². The summed E-state index contributed by atoms with van der Waals surface area (Å²) in [4.78, 5) is 0. The van der Waals surface area contributed by atoms with E-state index in [1.807, 2.05) is 0 Å². The first-order chi connectivity index (χ1) is 5.86. The molecule has 2 saturated heterocycles. The summed E-state index contributed by atoms with van der Waals surface area (Å²) in [6.45, 7) is 5.35. The second kappa shape index (κ2) is 3.73. The van der Waals surface area contributed by atoms with Crippen molar-refractivity contribution in [3.05, 3.63) is 0 Å². The van der Waals surface area contributed by atoms with Crippen molar-refractivity contribution in [2.75, 3.05) is 19.7 Å². The third kappa shape index (κ3) is 1.79. The van der Waals surface area contributed by atoms with E-state index in [1.54, 1.807) is 0 Å². The Kier molecular flexibility index (Phi) is 2.63. The topological polar surface area (TPSA) is 33.3 Å². The minimum atomic E-state index is 0.313. The maximum Gasteiger partial charge on any atom is 0.112 e. The molecule has 3 heteroatoms. The molecule has 3 unspecified atom stereocenters. The molecule has 2 N–H and O–H groups in total. The maximum atomic E-state index is 5.65. The van der Waals surface area contributed by atoms with Crippen molar-refractivity contribution in [2.45, 2.75) is 32.0 Å². The van der Waals surface area contributed by atoms with Gasteiger partial charge < -0.3 is 10.1 Å². The Balaban J connectivity index is 1.83. The summed E-state index contributed by atoms with van der Waals surface area (Å²) in [6, 6.07) is 0.539. The third-order valence-electron chi connectivity index (χ3n) is 2.74. The van der Waals surface area contributed by atoms with E-state index in [0.717, 1.165) is 13.2 Å². The van der Waals surface area contributed by atoms with E-state index in [1.165, 1.54) is 19.4 Å². The van der Waals surface area contributed by atoms with Crippen LogP contribution >= 0.6 is 0 Å². The van der Waals surface area contributed by atoms with Crippen LogP contribution in [0.4, 0.5) is 0 Å². The molecule has 3 atom stereocenters. The Bertz CT molecular complexity index is 143. The number of ether oxygens (including phenoxy) is 1. The first-order valence-corrected chi connectivity index (χ1v) is 4.94. The Morgan fingerprint density at radius 3 is 2.92 bits per heavy atom.